The van der Waals surface area contributed by atoms with E-state index in [0.29, 0.717) is 18.7 Å². The summed E-state index contributed by atoms with van der Waals surface area (Å²) in [5, 5.41) is 3.39. The summed E-state index contributed by atoms with van der Waals surface area (Å²) < 4.78 is 0. The molecule has 0 saturated carbocycles. The summed E-state index contributed by atoms with van der Waals surface area (Å²) >= 11 is 0. The molecular formula is C25H31N3O2. The Morgan fingerprint density at radius 1 is 1.00 bits per heavy atom. The van der Waals surface area contributed by atoms with Crippen molar-refractivity contribution in [2.45, 2.75) is 45.6 Å². The normalized spacial score (nSPS) is 18.8. The van der Waals surface area contributed by atoms with E-state index in [1.165, 1.54) is 0 Å². The zero-order valence-corrected chi connectivity index (χ0v) is 18.1. The highest BCUT2D eigenvalue weighted by molar-refractivity contribution is 6.11. The van der Waals surface area contributed by atoms with Gasteiger partial charge < -0.3 is 10.2 Å². The monoisotopic (exact) mass is 405 g/mol. The number of nitrogens with one attached hydrogen (secondary N) is 1. The maximum absolute atomic E-state index is 13.9. The van der Waals surface area contributed by atoms with E-state index in [0.717, 1.165) is 37.3 Å². The molecule has 0 aromatic heterocycles. The lowest BCUT2D eigenvalue weighted by Crippen LogP contribution is -2.55. The molecule has 0 unspecified atom stereocenters. The van der Waals surface area contributed by atoms with Gasteiger partial charge in [0.05, 0.1) is 12.4 Å². The summed E-state index contributed by atoms with van der Waals surface area (Å²) in [6.45, 7) is 8.28. The standard InChI is InChI=1S/C25H31N3O2/c1-24(2,3)17-22(29)20-11-7-8-12-21(20)27-18-28(19-9-5-4-6-10-19)25(23(27)30)13-15-26-16-14-25/h4-12,26H,13-18H2,1-3H3. The van der Waals surface area contributed by atoms with Crippen LogP contribution in [0.3, 0.4) is 0 Å². The van der Waals surface area contributed by atoms with Gasteiger partial charge >= 0.3 is 0 Å². The van der Waals surface area contributed by atoms with E-state index in [1.54, 1.807) is 0 Å². The molecule has 0 atom stereocenters. The fraction of sp³-hybridized carbons (Fsp3) is 0.440. The smallest absolute Gasteiger partial charge is 0.254 e. The number of piperidine rings is 1. The van der Waals surface area contributed by atoms with Gasteiger partial charge in [0.15, 0.2) is 5.78 Å². The summed E-state index contributed by atoms with van der Waals surface area (Å²) in [5.41, 5.74) is 1.75. The lowest BCUT2D eigenvalue weighted by atomic mass is 9.85. The number of amides is 1. The van der Waals surface area contributed by atoms with E-state index >= 15 is 0 Å². The summed E-state index contributed by atoms with van der Waals surface area (Å²) in [5.74, 6) is 0.187. The highest BCUT2D eigenvalue weighted by Crippen LogP contribution is 2.41. The predicted molar refractivity (Wildman–Crippen MR) is 121 cm³/mol. The number of benzene rings is 2. The number of hydrogen-bond donors (Lipinski definition) is 1. The number of anilines is 2. The molecule has 1 spiro atoms. The van der Waals surface area contributed by atoms with Crippen LogP contribution in [-0.4, -0.2) is 37.0 Å². The Hall–Kier alpha value is -2.66. The number of para-hydroxylation sites is 2. The zero-order chi connectivity index (χ0) is 21.4. The zero-order valence-electron chi connectivity index (χ0n) is 18.1. The molecule has 1 N–H and O–H groups in total. The topological polar surface area (TPSA) is 52.7 Å². The average molecular weight is 406 g/mol. The van der Waals surface area contributed by atoms with Gasteiger partial charge in [-0.1, -0.05) is 51.1 Å². The molecule has 2 aliphatic heterocycles. The number of ketones is 1. The van der Waals surface area contributed by atoms with Crippen molar-refractivity contribution in [2.24, 2.45) is 5.41 Å². The van der Waals surface area contributed by atoms with Gasteiger partial charge in [-0.15, -0.1) is 0 Å². The minimum absolute atomic E-state index is 0.0865. The van der Waals surface area contributed by atoms with Crippen LogP contribution in [0.15, 0.2) is 54.6 Å². The van der Waals surface area contributed by atoms with E-state index < -0.39 is 5.54 Å². The Morgan fingerprint density at radius 2 is 1.63 bits per heavy atom. The molecule has 5 heteroatoms. The third-order valence-electron chi connectivity index (χ3n) is 6.13. The largest absolute Gasteiger partial charge is 0.338 e. The Bertz CT molecular complexity index is 927. The van der Waals surface area contributed by atoms with E-state index in [9.17, 15) is 9.59 Å². The molecule has 158 valence electrons. The lowest BCUT2D eigenvalue weighted by molar-refractivity contribution is -0.122. The fourth-order valence-corrected chi connectivity index (χ4v) is 4.68. The first-order chi connectivity index (χ1) is 14.3. The summed E-state index contributed by atoms with van der Waals surface area (Å²) in [6, 6.07) is 17.7. The molecule has 0 aliphatic carbocycles. The third-order valence-corrected chi connectivity index (χ3v) is 6.13. The second kappa shape index (κ2) is 7.88. The van der Waals surface area contributed by atoms with Gasteiger partial charge in [-0.2, -0.15) is 0 Å². The number of carbonyl (C=O) groups excluding carboxylic acids is 2. The Balaban J connectivity index is 1.74. The van der Waals surface area contributed by atoms with Gasteiger partial charge in [0.25, 0.3) is 5.91 Å². The molecule has 30 heavy (non-hydrogen) atoms. The molecule has 2 heterocycles. The van der Waals surface area contributed by atoms with Crippen molar-refractivity contribution in [1.82, 2.24) is 5.32 Å². The minimum atomic E-state index is -0.563. The van der Waals surface area contributed by atoms with E-state index in [2.05, 4.69) is 43.1 Å². The lowest BCUT2D eigenvalue weighted by Gasteiger charge is -2.39. The van der Waals surface area contributed by atoms with Crippen LogP contribution in [-0.2, 0) is 4.79 Å². The summed E-state index contributed by atoms with van der Waals surface area (Å²) in [4.78, 5) is 31.0. The van der Waals surface area contributed by atoms with Crippen LogP contribution in [0, 0.1) is 5.41 Å². The molecule has 2 saturated heterocycles. The molecule has 5 nitrogen and oxygen atoms in total. The van der Waals surface area contributed by atoms with Crippen LogP contribution in [0.5, 0.6) is 0 Å². The molecule has 4 rings (SSSR count). The Kier molecular flexibility index (Phi) is 5.41. The molecule has 1 amide bonds. The molecular weight excluding hydrogens is 374 g/mol. The van der Waals surface area contributed by atoms with Gasteiger partial charge in [-0.3, -0.25) is 14.5 Å². The number of carbonyl (C=O) groups is 2. The van der Waals surface area contributed by atoms with Crippen molar-refractivity contribution in [2.75, 3.05) is 29.6 Å². The first-order valence-corrected chi connectivity index (χ1v) is 10.8. The highest BCUT2D eigenvalue weighted by Gasteiger charge is 2.53. The Labute approximate surface area is 179 Å². The molecule has 0 bridgehead atoms. The van der Waals surface area contributed by atoms with Crippen LogP contribution in [0.1, 0.15) is 50.4 Å². The second-order valence-electron chi connectivity index (χ2n) is 9.60. The van der Waals surface area contributed by atoms with Gasteiger partial charge in [0.2, 0.25) is 0 Å². The number of hydrogen-bond acceptors (Lipinski definition) is 4. The van der Waals surface area contributed by atoms with Crippen molar-refractivity contribution in [3.63, 3.8) is 0 Å². The first-order valence-electron chi connectivity index (χ1n) is 10.8. The summed E-state index contributed by atoms with van der Waals surface area (Å²) in [6.07, 6.45) is 1.97. The SMILES string of the molecule is CC(C)(C)CC(=O)c1ccccc1N1CN(c2ccccc2)C2(CCNCC2)C1=O. The average Bonchev–Trinajstić information content (AvgIpc) is 3.00. The van der Waals surface area contributed by atoms with Gasteiger partial charge in [0.1, 0.15) is 5.54 Å². The molecule has 2 aromatic rings. The van der Waals surface area contributed by atoms with Crippen LogP contribution in [0.4, 0.5) is 11.4 Å². The maximum atomic E-state index is 13.9. The summed E-state index contributed by atoms with van der Waals surface area (Å²) in [7, 11) is 0. The molecule has 2 fully saturated rings. The van der Waals surface area contributed by atoms with Crippen LogP contribution in [0.25, 0.3) is 0 Å². The maximum Gasteiger partial charge on any atom is 0.254 e. The van der Waals surface area contributed by atoms with Crippen molar-refractivity contribution in [1.29, 1.82) is 0 Å². The van der Waals surface area contributed by atoms with E-state index in [4.69, 9.17) is 0 Å². The second-order valence-corrected chi connectivity index (χ2v) is 9.60. The van der Waals surface area contributed by atoms with Crippen molar-refractivity contribution in [3.8, 4) is 0 Å². The van der Waals surface area contributed by atoms with E-state index in [1.807, 2.05) is 47.4 Å². The molecule has 0 radical (unpaired) electrons. The molecule has 2 aromatic carbocycles. The van der Waals surface area contributed by atoms with Crippen LogP contribution < -0.4 is 15.1 Å². The Morgan fingerprint density at radius 3 is 2.30 bits per heavy atom. The van der Waals surface area contributed by atoms with Crippen molar-refractivity contribution < 1.29 is 9.59 Å². The van der Waals surface area contributed by atoms with E-state index in [-0.39, 0.29) is 17.1 Å². The third kappa shape index (κ3) is 3.74. The number of nitrogens with zero attached hydrogens (tertiary/aromatic N) is 2. The minimum Gasteiger partial charge on any atom is -0.338 e. The fourth-order valence-electron chi connectivity index (χ4n) is 4.68. The van der Waals surface area contributed by atoms with Crippen LogP contribution >= 0.6 is 0 Å². The molecule has 2 aliphatic rings. The van der Waals surface area contributed by atoms with Crippen molar-refractivity contribution >= 4 is 23.1 Å². The quantitative estimate of drug-likeness (QED) is 0.773. The van der Waals surface area contributed by atoms with Crippen molar-refractivity contribution in [3.05, 3.63) is 60.2 Å². The number of rotatable bonds is 4. The predicted octanol–water partition coefficient (Wildman–Crippen LogP) is 4.24. The highest BCUT2D eigenvalue weighted by atomic mass is 16.2. The number of Topliss-reactive ketones (excluding diaryl/α,β-unsaturated/α-hetero) is 1. The first kappa shape index (κ1) is 20.6. The van der Waals surface area contributed by atoms with Crippen LogP contribution in [0.2, 0.25) is 0 Å². The van der Waals surface area contributed by atoms with Gasteiger partial charge in [-0.25, -0.2) is 0 Å². The van der Waals surface area contributed by atoms with Gasteiger partial charge in [-0.05, 0) is 55.6 Å². The van der Waals surface area contributed by atoms with Gasteiger partial charge in [0, 0.05) is 17.7 Å².